The first-order valence-electron chi connectivity index (χ1n) is 12.6. The Bertz CT molecular complexity index is 1510. The summed E-state index contributed by atoms with van der Waals surface area (Å²) in [5.41, 5.74) is 0.986. The number of aromatic nitrogens is 1. The van der Waals surface area contributed by atoms with Gasteiger partial charge >= 0.3 is 12.1 Å². The zero-order valence-electron chi connectivity index (χ0n) is 23.3. The lowest BCUT2D eigenvalue weighted by Gasteiger charge is -2.26. The highest BCUT2D eigenvalue weighted by Gasteiger charge is 2.38. The van der Waals surface area contributed by atoms with Gasteiger partial charge in [-0.1, -0.05) is 23.2 Å². The Kier molecular flexibility index (Phi) is 11.6. The van der Waals surface area contributed by atoms with E-state index < -0.39 is 32.4 Å². The van der Waals surface area contributed by atoms with Gasteiger partial charge in [0, 0.05) is 23.0 Å². The summed E-state index contributed by atoms with van der Waals surface area (Å²) in [4.78, 5) is 27.2. The van der Waals surface area contributed by atoms with Crippen molar-refractivity contribution in [3.05, 3.63) is 62.6 Å². The Labute approximate surface area is 257 Å². The van der Waals surface area contributed by atoms with Crippen molar-refractivity contribution >= 4 is 62.4 Å². The maximum absolute atomic E-state index is 15.4. The molecule has 1 aromatic heterocycles. The molecule has 0 fully saturated rings. The van der Waals surface area contributed by atoms with Crippen LogP contribution in [0.25, 0.3) is 0 Å². The van der Waals surface area contributed by atoms with Gasteiger partial charge in [-0.15, -0.1) is 15.6 Å². The number of methoxy groups -OCH3 is 1. The Morgan fingerprint density at radius 3 is 2.50 bits per heavy atom. The van der Waals surface area contributed by atoms with Gasteiger partial charge in [-0.25, -0.2) is 22.6 Å². The summed E-state index contributed by atoms with van der Waals surface area (Å²) in [6.45, 7) is 5.74. The van der Waals surface area contributed by atoms with Crippen molar-refractivity contribution in [2.45, 2.75) is 50.5 Å². The maximum atomic E-state index is 15.4. The SMILES string of the molecule is COC(=O)CCNCCCc1cc(Cl)ccc1Oc1cc(F)c(S(=O)(=O)N(C(=O)OC(C)(C)C)c2cscn2)cc1Cl. The molecule has 1 heterocycles. The summed E-state index contributed by atoms with van der Waals surface area (Å²) in [5, 5.41) is 4.69. The molecule has 0 spiro atoms. The van der Waals surface area contributed by atoms with Crippen molar-refractivity contribution in [3.63, 3.8) is 0 Å². The highest BCUT2D eigenvalue weighted by atomic mass is 35.5. The van der Waals surface area contributed by atoms with E-state index in [1.54, 1.807) is 39.0 Å². The molecule has 0 unspecified atom stereocenters. The van der Waals surface area contributed by atoms with Crippen LogP contribution in [0.15, 0.2) is 46.1 Å². The Hall–Kier alpha value is -2.97. The van der Waals surface area contributed by atoms with Crippen molar-refractivity contribution < 1.29 is 36.6 Å². The minimum Gasteiger partial charge on any atom is -0.469 e. The molecule has 2 aromatic carbocycles. The number of anilines is 1. The van der Waals surface area contributed by atoms with Gasteiger partial charge in [-0.3, -0.25) is 4.79 Å². The quantitative estimate of drug-likeness (QED) is 0.169. The zero-order chi connectivity index (χ0) is 31.1. The lowest BCUT2D eigenvalue weighted by molar-refractivity contribution is -0.140. The lowest BCUT2D eigenvalue weighted by atomic mass is 10.1. The summed E-state index contributed by atoms with van der Waals surface area (Å²) in [7, 11) is -3.52. The molecule has 0 saturated heterocycles. The fraction of sp³-hybridized carbons (Fsp3) is 0.370. The van der Waals surface area contributed by atoms with Crippen molar-refractivity contribution in [2.75, 3.05) is 24.5 Å². The van der Waals surface area contributed by atoms with Crippen LogP contribution in [0.2, 0.25) is 10.0 Å². The number of aryl methyl sites for hydroxylation is 1. The number of amides is 1. The average molecular weight is 663 g/mol. The molecule has 42 heavy (non-hydrogen) atoms. The molecule has 0 saturated carbocycles. The first-order valence-corrected chi connectivity index (χ1v) is 15.8. The predicted molar refractivity (Wildman–Crippen MR) is 159 cm³/mol. The van der Waals surface area contributed by atoms with Crippen LogP contribution in [0.5, 0.6) is 11.5 Å². The number of hydrogen-bond acceptors (Lipinski definition) is 10. The summed E-state index contributed by atoms with van der Waals surface area (Å²) in [6.07, 6.45) is 0.173. The van der Waals surface area contributed by atoms with E-state index in [4.69, 9.17) is 32.7 Å². The fourth-order valence-electron chi connectivity index (χ4n) is 3.59. The van der Waals surface area contributed by atoms with Crippen molar-refractivity contribution in [1.82, 2.24) is 10.3 Å². The highest BCUT2D eigenvalue weighted by Crippen LogP contribution is 2.37. The van der Waals surface area contributed by atoms with Crippen molar-refractivity contribution in [2.24, 2.45) is 0 Å². The summed E-state index contributed by atoms with van der Waals surface area (Å²) in [5.74, 6) is -1.58. The van der Waals surface area contributed by atoms with Crippen LogP contribution < -0.4 is 14.4 Å². The largest absolute Gasteiger partial charge is 0.469 e. The normalized spacial score (nSPS) is 11.7. The molecule has 10 nitrogen and oxygen atoms in total. The van der Waals surface area contributed by atoms with Crippen molar-refractivity contribution in [3.8, 4) is 11.5 Å². The topological polar surface area (TPSA) is 124 Å². The number of rotatable bonds is 12. The monoisotopic (exact) mass is 661 g/mol. The lowest BCUT2D eigenvalue weighted by Crippen LogP contribution is -2.41. The van der Waals surface area contributed by atoms with E-state index in [0.29, 0.717) is 46.6 Å². The summed E-state index contributed by atoms with van der Waals surface area (Å²) < 4.78 is 58.6. The third-order valence-electron chi connectivity index (χ3n) is 5.47. The molecule has 0 aliphatic rings. The predicted octanol–water partition coefficient (Wildman–Crippen LogP) is 6.60. The summed E-state index contributed by atoms with van der Waals surface area (Å²) in [6, 6.07) is 6.57. The first kappa shape index (κ1) is 33.5. The molecule has 0 radical (unpaired) electrons. The second-order valence-electron chi connectivity index (χ2n) is 9.84. The van der Waals surface area contributed by atoms with Gasteiger partial charge < -0.3 is 19.5 Å². The first-order chi connectivity index (χ1) is 19.7. The molecule has 15 heteroatoms. The minimum atomic E-state index is -4.84. The molecule has 0 aliphatic heterocycles. The number of sulfonamides is 1. The van der Waals surface area contributed by atoms with Crippen LogP contribution in [0, 0.1) is 5.82 Å². The van der Waals surface area contributed by atoms with E-state index in [0.717, 1.165) is 23.5 Å². The molecule has 0 atom stereocenters. The molecule has 3 rings (SSSR count). The smallest absolute Gasteiger partial charge is 0.430 e. The molecule has 1 amide bonds. The Balaban J connectivity index is 1.84. The van der Waals surface area contributed by atoms with Gasteiger partial charge in [0.25, 0.3) is 10.0 Å². The third kappa shape index (κ3) is 9.01. The van der Waals surface area contributed by atoms with Crippen LogP contribution in [-0.2, 0) is 30.7 Å². The Morgan fingerprint density at radius 1 is 1.12 bits per heavy atom. The number of nitrogens with zero attached hydrogens (tertiary/aromatic N) is 2. The highest BCUT2D eigenvalue weighted by molar-refractivity contribution is 7.93. The number of carbonyl (C=O) groups is 2. The van der Waals surface area contributed by atoms with Gasteiger partial charge in [-0.05, 0) is 70.0 Å². The maximum Gasteiger partial charge on any atom is 0.430 e. The fourth-order valence-corrected chi connectivity index (χ4v) is 5.99. The van der Waals surface area contributed by atoms with E-state index in [2.05, 4.69) is 15.0 Å². The number of esters is 1. The molecule has 0 aliphatic carbocycles. The Morgan fingerprint density at radius 2 is 1.86 bits per heavy atom. The van der Waals surface area contributed by atoms with Crippen molar-refractivity contribution in [1.29, 1.82) is 0 Å². The van der Waals surface area contributed by atoms with Gasteiger partial charge in [0.2, 0.25) is 0 Å². The molecule has 1 N–H and O–H groups in total. The number of hydrogen-bond donors (Lipinski definition) is 1. The van der Waals surface area contributed by atoms with Crippen LogP contribution in [0.3, 0.4) is 0 Å². The number of benzene rings is 2. The average Bonchev–Trinajstić information content (AvgIpc) is 3.41. The van der Waals surface area contributed by atoms with Gasteiger partial charge in [-0.2, -0.15) is 0 Å². The number of carbonyl (C=O) groups excluding carboxylic acids is 2. The van der Waals surface area contributed by atoms with Crippen LogP contribution >= 0.6 is 34.5 Å². The van der Waals surface area contributed by atoms with Gasteiger partial charge in [0.1, 0.15) is 27.8 Å². The van der Waals surface area contributed by atoms with E-state index in [9.17, 15) is 18.0 Å². The second-order valence-corrected chi connectivity index (χ2v) is 13.2. The van der Waals surface area contributed by atoms with Crippen LogP contribution in [0.4, 0.5) is 15.0 Å². The zero-order valence-corrected chi connectivity index (χ0v) is 26.4. The number of nitrogens with one attached hydrogen (secondary N) is 1. The molecule has 0 bridgehead atoms. The number of thiazole rings is 1. The minimum absolute atomic E-state index is 0.148. The van der Waals surface area contributed by atoms with E-state index in [1.807, 2.05) is 0 Å². The van der Waals surface area contributed by atoms with Gasteiger partial charge in [0.05, 0.1) is 24.1 Å². The van der Waals surface area contributed by atoms with Crippen LogP contribution in [-0.4, -0.2) is 51.3 Å². The van der Waals surface area contributed by atoms with Crippen LogP contribution in [0.1, 0.15) is 39.2 Å². The molecular formula is C27H30Cl2FN3O7S2. The standard InChI is InChI=1S/C27H30Cl2FN3O7S2/c1-27(2,3)40-26(35)33(24-15-41-16-32-24)42(36,37)23-13-19(29)22(14-20(23)30)39-21-8-7-18(28)12-17(21)6-5-10-31-11-9-25(34)38-4/h7-8,12-16,31H,5-6,9-11H2,1-4H3. The van der Waals surface area contributed by atoms with E-state index in [-0.39, 0.29) is 29.0 Å². The second kappa shape index (κ2) is 14.5. The number of halogens is 3. The molecule has 3 aromatic rings. The molecular weight excluding hydrogens is 632 g/mol. The van der Waals surface area contributed by atoms with E-state index in [1.165, 1.54) is 18.0 Å². The number of ether oxygens (including phenoxy) is 3. The summed E-state index contributed by atoms with van der Waals surface area (Å²) >= 11 is 13.6. The molecule has 228 valence electrons. The van der Waals surface area contributed by atoms with Gasteiger partial charge in [0.15, 0.2) is 5.82 Å². The van der Waals surface area contributed by atoms with E-state index >= 15 is 4.39 Å². The third-order valence-corrected chi connectivity index (χ3v) is 8.26.